The fourth-order valence-corrected chi connectivity index (χ4v) is 3.90. The van der Waals surface area contributed by atoms with Crippen LogP contribution in [0.25, 0.3) is 11.4 Å². The molecule has 0 aliphatic rings. The first-order valence-electron chi connectivity index (χ1n) is 10.8. The summed E-state index contributed by atoms with van der Waals surface area (Å²) in [5.41, 5.74) is 3.19. The molecule has 1 aromatic heterocycles. The molecule has 0 amide bonds. The van der Waals surface area contributed by atoms with E-state index >= 15 is 0 Å². The van der Waals surface area contributed by atoms with Crippen molar-refractivity contribution in [3.63, 3.8) is 0 Å². The highest BCUT2D eigenvalue weighted by atomic mass is 32.2. The second-order valence-electron chi connectivity index (χ2n) is 7.27. The molecule has 3 aromatic carbocycles. The maximum Gasteiger partial charge on any atom is 0.212 e. The predicted octanol–water partition coefficient (Wildman–Crippen LogP) is 6.30. The van der Waals surface area contributed by atoms with Gasteiger partial charge in [0.15, 0.2) is 5.82 Å². The predicted molar refractivity (Wildman–Crippen MR) is 131 cm³/mol. The third-order valence-corrected chi connectivity index (χ3v) is 5.81. The molecule has 6 heteroatoms. The van der Waals surface area contributed by atoms with Crippen LogP contribution in [0.1, 0.15) is 30.9 Å². The SMILES string of the molecule is CCCCOc1ccc(/C=N/n2c(SCc3ccccc3)nnc2-c2ccccc2)cc1. The van der Waals surface area contributed by atoms with Crippen molar-refractivity contribution in [3.8, 4) is 17.1 Å². The van der Waals surface area contributed by atoms with Crippen molar-refractivity contribution in [2.24, 2.45) is 5.10 Å². The van der Waals surface area contributed by atoms with Gasteiger partial charge in [0.25, 0.3) is 0 Å². The summed E-state index contributed by atoms with van der Waals surface area (Å²) in [5, 5.41) is 14.3. The number of ether oxygens (including phenoxy) is 1. The maximum absolute atomic E-state index is 5.75. The Balaban J connectivity index is 1.55. The number of rotatable bonds is 10. The monoisotopic (exact) mass is 442 g/mol. The smallest absolute Gasteiger partial charge is 0.212 e. The standard InChI is InChI=1S/C26H26N4OS/c1-2-3-18-31-24-16-14-21(15-17-24)19-27-30-25(23-12-8-5-9-13-23)28-29-26(30)32-20-22-10-6-4-7-11-22/h4-17,19H,2-3,18,20H2,1H3/b27-19+. The average molecular weight is 443 g/mol. The maximum atomic E-state index is 5.75. The van der Waals surface area contributed by atoms with E-state index in [1.165, 1.54) is 5.56 Å². The van der Waals surface area contributed by atoms with E-state index in [4.69, 9.17) is 9.84 Å². The molecule has 0 bridgehead atoms. The first kappa shape index (κ1) is 21.8. The molecular formula is C26H26N4OS. The Morgan fingerprint density at radius 2 is 1.62 bits per heavy atom. The van der Waals surface area contributed by atoms with Crippen LogP contribution >= 0.6 is 11.8 Å². The van der Waals surface area contributed by atoms with Crippen molar-refractivity contribution in [1.29, 1.82) is 0 Å². The minimum Gasteiger partial charge on any atom is -0.494 e. The third kappa shape index (κ3) is 5.86. The average Bonchev–Trinajstić information content (AvgIpc) is 3.26. The second-order valence-corrected chi connectivity index (χ2v) is 8.22. The summed E-state index contributed by atoms with van der Waals surface area (Å²) in [4.78, 5) is 0. The van der Waals surface area contributed by atoms with E-state index < -0.39 is 0 Å². The van der Waals surface area contributed by atoms with Gasteiger partial charge in [0.05, 0.1) is 12.8 Å². The van der Waals surface area contributed by atoms with Crippen LogP contribution in [0, 0.1) is 0 Å². The topological polar surface area (TPSA) is 52.3 Å². The molecule has 0 N–H and O–H groups in total. The molecule has 0 saturated carbocycles. The molecule has 32 heavy (non-hydrogen) atoms. The number of aromatic nitrogens is 3. The summed E-state index contributed by atoms with van der Waals surface area (Å²) in [5.74, 6) is 2.40. The summed E-state index contributed by atoms with van der Waals surface area (Å²) < 4.78 is 7.56. The zero-order valence-electron chi connectivity index (χ0n) is 18.1. The quantitative estimate of drug-likeness (QED) is 0.164. The summed E-state index contributed by atoms with van der Waals surface area (Å²) >= 11 is 1.62. The largest absolute Gasteiger partial charge is 0.494 e. The van der Waals surface area contributed by atoms with Crippen LogP contribution in [0.3, 0.4) is 0 Å². The lowest BCUT2D eigenvalue weighted by molar-refractivity contribution is 0.309. The Morgan fingerprint density at radius 1 is 0.906 bits per heavy atom. The lowest BCUT2D eigenvalue weighted by Gasteiger charge is -2.06. The molecule has 0 fully saturated rings. The highest BCUT2D eigenvalue weighted by Gasteiger charge is 2.14. The van der Waals surface area contributed by atoms with Crippen LogP contribution in [0.4, 0.5) is 0 Å². The van der Waals surface area contributed by atoms with Gasteiger partial charge in [-0.1, -0.05) is 85.8 Å². The van der Waals surface area contributed by atoms with Crippen LogP contribution in [-0.2, 0) is 5.75 Å². The van der Waals surface area contributed by atoms with Gasteiger partial charge in [0, 0.05) is 11.3 Å². The molecule has 0 radical (unpaired) electrons. The van der Waals surface area contributed by atoms with E-state index in [1.807, 2.05) is 83.7 Å². The highest BCUT2D eigenvalue weighted by Crippen LogP contribution is 2.26. The van der Waals surface area contributed by atoms with Gasteiger partial charge in [-0.2, -0.15) is 9.78 Å². The van der Waals surface area contributed by atoms with E-state index in [2.05, 4.69) is 29.3 Å². The van der Waals surface area contributed by atoms with Crippen LogP contribution in [0.5, 0.6) is 5.75 Å². The fourth-order valence-electron chi connectivity index (χ4n) is 3.06. The lowest BCUT2D eigenvalue weighted by Crippen LogP contribution is -1.98. The molecule has 162 valence electrons. The van der Waals surface area contributed by atoms with Crippen molar-refractivity contribution in [2.75, 3.05) is 6.61 Å². The van der Waals surface area contributed by atoms with Crippen LogP contribution in [-0.4, -0.2) is 27.7 Å². The molecule has 0 atom stereocenters. The van der Waals surface area contributed by atoms with Gasteiger partial charge in [-0.3, -0.25) is 0 Å². The van der Waals surface area contributed by atoms with E-state index in [1.54, 1.807) is 11.8 Å². The van der Waals surface area contributed by atoms with Crippen molar-refractivity contribution in [1.82, 2.24) is 14.9 Å². The number of thioether (sulfide) groups is 1. The minimum atomic E-state index is 0.719. The molecule has 0 aliphatic carbocycles. The third-order valence-electron chi connectivity index (χ3n) is 4.82. The number of hydrogen-bond donors (Lipinski definition) is 0. The molecule has 4 aromatic rings. The molecule has 0 saturated heterocycles. The van der Waals surface area contributed by atoms with Gasteiger partial charge in [0.1, 0.15) is 5.75 Å². The molecule has 5 nitrogen and oxygen atoms in total. The Kier molecular flexibility index (Phi) is 7.71. The van der Waals surface area contributed by atoms with Crippen LogP contribution < -0.4 is 4.74 Å². The summed E-state index contributed by atoms with van der Waals surface area (Å²) in [6, 6.07) is 28.3. The molecule has 0 aliphatic heterocycles. The van der Waals surface area contributed by atoms with E-state index in [0.29, 0.717) is 0 Å². The summed E-state index contributed by atoms with van der Waals surface area (Å²) in [7, 11) is 0. The molecular weight excluding hydrogens is 416 g/mol. The van der Waals surface area contributed by atoms with Gasteiger partial charge in [0.2, 0.25) is 5.16 Å². The number of benzene rings is 3. The van der Waals surface area contributed by atoms with Crippen molar-refractivity contribution in [3.05, 3.63) is 96.1 Å². The summed E-state index contributed by atoms with van der Waals surface area (Å²) in [6.07, 6.45) is 4.01. The minimum absolute atomic E-state index is 0.719. The van der Waals surface area contributed by atoms with E-state index in [0.717, 1.165) is 53.1 Å². The van der Waals surface area contributed by atoms with Crippen molar-refractivity contribution in [2.45, 2.75) is 30.7 Å². The van der Waals surface area contributed by atoms with Crippen molar-refractivity contribution < 1.29 is 4.74 Å². The van der Waals surface area contributed by atoms with Gasteiger partial charge < -0.3 is 4.74 Å². The molecule has 1 heterocycles. The molecule has 0 unspecified atom stereocenters. The van der Waals surface area contributed by atoms with Gasteiger partial charge in [-0.05, 0) is 41.8 Å². The van der Waals surface area contributed by atoms with E-state index in [-0.39, 0.29) is 0 Å². The number of unbranched alkanes of at least 4 members (excludes halogenated alkanes) is 1. The van der Waals surface area contributed by atoms with Gasteiger partial charge >= 0.3 is 0 Å². The van der Waals surface area contributed by atoms with Crippen LogP contribution in [0.2, 0.25) is 0 Å². The first-order chi connectivity index (χ1) is 15.8. The Hall–Kier alpha value is -3.38. The van der Waals surface area contributed by atoms with Gasteiger partial charge in [-0.25, -0.2) is 0 Å². The van der Waals surface area contributed by atoms with E-state index in [9.17, 15) is 0 Å². The molecule has 4 rings (SSSR count). The van der Waals surface area contributed by atoms with Crippen LogP contribution in [0.15, 0.2) is 95.2 Å². The number of nitrogens with zero attached hydrogens (tertiary/aromatic N) is 4. The zero-order chi connectivity index (χ0) is 22.0. The number of hydrogen-bond acceptors (Lipinski definition) is 5. The Morgan fingerprint density at radius 3 is 2.34 bits per heavy atom. The molecule has 0 spiro atoms. The second kappa shape index (κ2) is 11.3. The van der Waals surface area contributed by atoms with Crippen molar-refractivity contribution >= 4 is 18.0 Å². The Bertz CT molecular complexity index is 1130. The first-order valence-corrected chi connectivity index (χ1v) is 11.8. The highest BCUT2D eigenvalue weighted by molar-refractivity contribution is 7.98. The lowest BCUT2D eigenvalue weighted by atomic mass is 10.2. The fraction of sp³-hybridized carbons (Fsp3) is 0.192. The zero-order valence-corrected chi connectivity index (χ0v) is 18.9. The Labute approximate surface area is 193 Å². The summed E-state index contributed by atoms with van der Waals surface area (Å²) in [6.45, 7) is 2.90. The van der Waals surface area contributed by atoms with Gasteiger partial charge in [-0.15, -0.1) is 10.2 Å². The normalized spacial score (nSPS) is 11.2.